The van der Waals surface area contributed by atoms with Crippen LogP contribution in [0, 0.1) is 5.92 Å². The van der Waals surface area contributed by atoms with Crippen LogP contribution in [0.1, 0.15) is 25.3 Å². The van der Waals surface area contributed by atoms with Crippen LogP contribution in [0.2, 0.25) is 0 Å². The van der Waals surface area contributed by atoms with Crippen LogP contribution in [-0.2, 0) is 5.88 Å². The van der Waals surface area contributed by atoms with Gasteiger partial charge >= 0.3 is 0 Å². The predicted molar refractivity (Wildman–Crippen MR) is 64.4 cm³/mol. The van der Waals surface area contributed by atoms with Crippen molar-refractivity contribution < 1.29 is 0 Å². The Morgan fingerprint density at radius 1 is 1.53 bits per heavy atom. The summed E-state index contributed by atoms with van der Waals surface area (Å²) in [4.78, 5) is 6.81. The lowest BCUT2D eigenvalue weighted by atomic mass is 10.1. The van der Waals surface area contributed by atoms with E-state index in [9.17, 15) is 0 Å². The predicted octanol–water partition coefficient (Wildman–Crippen LogP) is 3.06. The van der Waals surface area contributed by atoms with E-state index in [0.29, 0.717) is 5.88 Å². The molecule has 1 fully saturated rings. The van der Waals surface area contributed by atoms with Crippen LogP contribution in [0.3, 0.4) is 0 Å². The number of halogens is 1. The van der Waals surface area contributed by atoms with E-state index in [4.69, 9.17) is 11.6 Å². The third-order valence-electron chi connectivity index (χ3n) is 3.15. The number of alkyl halides is 1. The molecule has 1 aromatic rings. The summed E-state index contributed by atoms with van der Waals surface area (Å²) >= 11 is 5.73. The molecule has 2 heterocycles. The zero-order chi connectivity index (χ0) is 10.7. The fourth-order valence-corrected chi connectivity index (χ4v) is 2.21. The molecule has 1 aromatic heterocycles. The third-order valence-corrected chi connectivity index (χ3v) is 3.46. The van der Waals surface area contributed by atoms with Gasteiger partial charge in [-0.15, -0.1) is 11.6 Å². The van der Waals surface area contributed by atoms with Crippen molar-refractivity contribution >= 4 is 17.4 Å². The minimum Gasteiger partial charge on any atom is -0.356 e. The van der Waals surface area contributed by atoms with E-state index < -0.39 is 0 Å². The zero-order valence-electron chi connectivity index (χ0n) is 9.12. The Bertz CT molecular complexity index is 310. The first-order chi connectivity index (χ1) is 7.33. The summed E-state index contributed by atoms with van der Waals surface area (Å²) in [6.07, 6.45) is 4.45. The van der Waals surface area contributed by atoms with Gasteiger partial charge in [0.2, 0.25) is 0 Å². The van der Waals surface area contributed by atoms with Crippen LogP contribution >= 0.6 is 11.6 Å². The molecule has 0 amide bonds. The van der Waals surface area contributed by atoms with E-state index in [1.54, 1.807) is 0 Å². The van der Waals surface area contributed by atoms with Crippen LogP contribution in [0.25, 0.3) is 0 Å². The highest BCUT2D eigenvalue weighted by Crippen LogP contribution is 2.24. The lowest BCUT2D eigenvalue weighted by molar-refractivity contribution is 0.569. The molecule has 82 valence electrons. The summed E-state index contributed by atoms with van der Waals surface area (Å²) in [5.74, 6) is 2.49. The van der Waals surface area contributed by atoms with E-state index in [1.807, 2.05) is 6.20 Å². The standard InChI is InChI=1S/C12H17ClN2/c1-2-10-5-6-15(9-10)12-4-3-11(7-13)8-14-12/h3-4,8,10H,2,5-7,9H2,1H3. The Hall–Kier alpha value is -0.760. The Morgan fingerprint density at radius 2 is 2.40 bits per heavy atom. The van der Waals surface area contributed by atoms with Crippen LogP contribution in [-0.4, -0.2) is 18.1 Å². The Kier molecular flexibility index (Phi) is 3.47. The molecular weight excluding hydrogens is 208 g/mol. The number of pyridine rings is 1. The molecule has 0 radical (unpaired) electrons. The van der Waals surface area contributed by atoms with Crippen molar-refractivity contribution in [3.8, 4) is 0 Å². The molecule has 1 aliphatic rings. The molecule has 0 N–H and O–H groups in total. The second-order valence-corrected chi connectivity index (χ2v) is 4.43. The minimum absolute atomic E-state index is 0.546. The van der Waals surface area contributed by atoms with Gasteiger partial charge in [-0.1, -0.05) is 19.4 Å². The van der Waals surface area contributed by atoms with E-state index in [1.165, 1.54) is 12.8 Å². The molecule has 2 nitrogen and oxygen atoms in total. The molecule has 0 spiro atoms. The molecule has 1 atom stereocenters. The quantitative estimate of drug-likeness (QED) is 0.734. The second-order valence-electron chi connectivity index (χ2n) is 4.17. The molecule has 15 heavy (non-hydrogen) atoms. The van der Waals surface area contributed by atoms with Gasteiger partial charge in [0.1, 0.15) is 5.82 Å². The summed E-state index contributed by atoms with van der Waals surface area (Å²) in [6, 6.07) is 4.14. The van der Waals surface area contributed by atoms with Crippen molar-refractivity contribution in [1.29, 1.82) is 0 Å². The highest BCUT2D eigenvalue weighted by molar-refractivity contribution is 6.17. The first-order valence-electron chi connectivity index (χ1n) is 5.59. The van der Waals surface area contributed by atoms with E-state index in [0.717, 1.165) is 30.4 Å². The number of rotatable bonds is 3. The van der Waals surface area contributed by atoms with E-state index in [2.05, 4.69) is 28.9 Å². The maximum absolute atomic E-state index is 5.73. The number of nitrogens with zero attached hydrogens (tertiary/aromatic N) is 2. The van der Waals surface area contributed by atoms with Crippen LogP contribution in [0.5, 0.6) is 0 Å². The Labute approximate surface area is 96.3 Å². The summed E-state index contributed by atoms with van der Waals surface area (Å²) < 4.78 is 0. The highest BCUT2D eigenvalue weighted by Gasteiger charge is 2.21. The van der Waals surface area contributed by atoms with Crippen molar-refractivity contribution in [2.45, 2.75) is 25.6 Å². The first kappa shape index (κ1) is 10.7. The van der Waals surface area contributed by atoms with Crippen LogP contribution in [0.15, 0.2) is 18.3 Å². The largest absolute Gasteiger partial charge is 0.356 e. The topological polar surface area (TPSA) is 16.1 Å². The number of anilines is 1. The van der Waals surface area contributed by atoms with Crippen molar-refractivity contribution in [3.05, 3.63) is 23.9 Å². The highest BCUT2D eigenvalue weighted by atomic mass is 35.5. The van der Waals surface area contributed by atoms with E-state index >= 15 is 0 Å². The fraction of sp³-hybridized carbons (Fsp3) is 0.583. The summed E-state index contributed by atoms with van der Waals surface area (Å²) in [5, 5.41) is 0. The number of hydrogen-bond acceptors (Lipinski definition) is 2. The normalized spacial score (nSPS) is 20.9. The maximum atomic E-state index is 5.73. The van der Waals surface area contributed by atoms with Gasteiger partial charge in [0.05, 0.1) is 0 Å². The van der Waals surface area contributed by atoms with Gasteiger partial charge in [0.15, 0.2) is 0 Å². The van der Waals surface area contributed by atoms with Crippen molar-refractivity contribution in [2.24, 2.45) is 5.92 Å². The molecule has 0 bridgehead atoms. The molecular formula is C12H17ClN2. The van der Waals surface area contributed by atoms with Gasteiger partial charge in [-0.25, -0.2) is 4.98 Å². The van der Waals surface area contributed by atoms with Gasteiger partial charge < -0.3 is 4.90 Å². The average Bonchev–Trinajstić information content (AvgIpc) is 2.78. The van der Waals surface area contributed by atoms with Gasteiger partial charge in [0, 0.05) is 25.2 Å². The SMILES string of the molecule is CCC1CCN(c2ccc(CCl)cn2)C1. The van der Waals surface area contributed by atoms with Gasteiger partial charge in [0.25, 0.3) is 0 Å². The van der Waals surface area contributed by atoms with Gasteiger partial charge in [-0.2, -0.15) is 0 Å². The molecule has 1 saturated heterocycles. The number of aromatic nitrogens is 1. The Morgan fingerprint density at radius 3 is 2.93 bits per heavy atom. The molecule has 2 rings (SSSR count). The van der Waals surface area contributed by atoms with Crippen LogP contribution in [0.4, 0.5) is 5.82 Å². The van der Waals surface area contributed by atoms with Crippen molar-refractivity contribution in [3.63, 3.8) is 0 Å². The number of hydrogen-bond donors (Lipinski definition) is 0. The van der Waals surface area contributed by atoms with Gasteiger partial charge in [-0.3, -0.25) is 0 Å². The van der Waals surface area contributed by atoms with Gasteiger partial charge in [-0.05, 0) is 24.0 Å². The van der Waals surface area contributed by atoms with Crippen molar-refractivity contribution in [1.82, 2.24) is 4.98 Å². The summed E-state index contributed by atoms with van der Waals surface area (Å²) in [7, 11) is 0. The third kappa shape index (κ3) is 2.43. The Balaban J connectivity index is 2.04. The smallest absolute Gasteiger partial charge is 0.128 e. The molecule has 0 aromatic carbocycles. The molecule has 1 unspecified atom stereocenters. The van der Waals surface area contributed by atoms with Crippen LogP contribution < -0.4 is 4.90 Å². The maximum Gasteiger partial charge on any atom is 0.128 e. The summed E-state index contributed by atoms with van der Waals surface area (Å²) in [6.45, 7) is 4.56. The molecule has 0 aliphatic carbocycles. The fourth-order valence-electron chi connectivity index (χ4n) is 2.06. The lowest BCUT2D eigenvalue weighted by Crippen LogP contribution is -2.20. The molecule has 0 saturated carbocycles. The zero-order valence-corrected chi connectivity index (χ0v) is 9.87. The minimum atomic E-state index is 0.546. The summed E-state index contributed by atoms with van der Waals surface area (Å²) in [5.41, 5.74) is 1.09. The lowest BCUT2D eigenvalue weighted by Gasteiger charge is -2.17. The van der Waals surface area contributed by atoms with E-state index in [-0.39, 0.29) is 0 Å². The molecule has 1 aliphatic heterocycles. The first-order valence-corrected chi connectivity index (χ1v) is 6.12. The average molecular weight is 225 g/mol. The monoisotopic (exact) mass is 224 g/mol. The second kappa shape index (κ2) is 4.84. The molecule has 3 heteroatoms. The van der Waals surface area contributed by atoms with Crippen molar-refractivity contribution in [2.75, 3.05) is 18.0 Å².